The van der Waals surface area contributed by atoms with Crippen LogP contribution in [0.2, 0.25) is 0 Å². The molecule has 0 aromatic heterocycles. The van der Waals surface area contributed by atoms with E-state index in [0.29, 0.717) is 70.8 Å². The molecule has 3 fully saturated rings. The molecule has 0 aromatic carbocycles. The predicted molar refractivity (Wildman–Crippen MR) is 427 cm³/mol. The molecule has 3 saturated heterocycles. The first-order valence-electron chi connectivity index (χ1n) is 41.0. The van der Waals surface area contributed by atoms with Gasteiger partial charge in [0.2, 0.25) is 65.0 Å². The van der Waals surface area contributed by atoms with Gasteiger partial charge in [0.1, 0.15) is 79.1 Å². The maximum absolute atomic E-state index is 14.0. The highest BCUT2D eigenvalue weighted by atomic mass is 127. The summed E-state index contributed by atoms with van der Waals surface area (Å²) in [5, 5.41) is 122. The molecule has 682 valence electrons. The molecule has 3 rings (SSSR count). The van der Waals surface area contributed by atoms with E-state index in [2.05, 4.69) is 63.3 Å². The van der Waals surface area contributed by atoms with Gasteiger partial charge in [-0.15, -0.1) is 0 Å². The summed E-state index contributed by atoms with van der Waals surface area (Å²) >= 11 is 1.67. The maximum Gasteiger partial charge on any atom is 0.248 e. The van der Waals surface area contributed by atoms with Gasteiger partial charge >= 0.3 is 0 Å². The minimum Gasteiger partial charge on any atom is -0.394 e. The van der Waals surface area contributed by atoms with Crippen LogP contribution < -0.4 is 64.4 Å². The molecule has 3 aliphatic rings. The standard InChI is InChI=1S/C75H135IN12O30/c1-49(92)85-62-67(105)65(103)52(42-89)116-71(62)112-36-16-12-22-54(95)78-30-19-33-81-57(98)26-39-109-46-74(88-60(101)25-11-9-7-5-4-6-8-10-15-29-84-61(102)44-115-77,47-110-40-27-58(99)82-34-20-31-79-55(96)23-13-17-37-113-72-63(86-50(2)93)68(106)66(104)53(43-90)117-72)48-111-41-28-59(100)83-35-21-32-80-56(97)24-14-18-38-114-73-64(87-51(3)94)69(107)70(108)75(76,45-91)118-73/h52-53,62-73,89-91,103-108H,4-48,77H2,1-3H3,(H,78,95)(H,79,96)(H,80,97)(H,81,98)(H,82,99)(H,83,100)(H,84,102)(H,85,92)(H,86,93)(H,87,94)(H,88,101)/t52?,53?,62-,63-,64-,65-,66-,67?,68?,69?,70+,71+,72+,73+,74?,75?/m0/s1. The van der Waals surface area contributed by atoms with Crippen molar-refractivity contribution in [1.82, 2.24) is 58.5 Å². The third-order valence-electron chi connectivity index (χ3n) is 19.1. The average molecular weight is 1810 g/mol. The predicted octanol–water partition coefficient (Wildman–Crippen LogP) is -5.01. The van der Waals surface area contributed by atoms with E-state index in [-0.39, 0.29) is 198 Å². The van der Waals surface area contributed by atoms with Crippen LogP contribution >= 0.6 is 22.6 Å². The Hall–Kier alpha value is -5.90. The number of alkyl halides is 1. The minimum absolute atomic E-state index is 0.0622. The summed E-state index contributed by atoms with van der Waals surface area (Å²) in [7, 11) is 0. The zero-order chi connectivity index (χ0) is 87.1. The van der Waals surface area contributed by atoms with Crippen LogP contribution in [0.5, 0.6) is 0 Å². The first kappa shape index (κ1) is 106. The van der Waals surface area contributed by atoms with E-state index in [1.807, 2.05) is 0 Å². The lowest BCUT2D eigenvalue weighted by molar-refractivity contribution is -0.276. The van der Waals surface area contributed by atoms with Crippen LogP contribution in [0.4, 0.5) is 0 Å². The second-order valence-corrected chi connectivity index (χ2v) is 31.3. The highest BCUT2D eigenvalue weighted by Crippen LogP contribution is 2.36. The van der Waals surface area contributed by atoms with Gasteiger partial charge in [-0.2, -0.15) is 0 Å². The molecule has 43 heteroatoms. The Balaban J connectivity index is 1.58. The number of rotatable bonds is 66. The topological polar surface area (TPSA) is 620 Å². The Bertz CT molecular complexity index is 2810. The SMILES string of the molecule is CC(=O)N[C@H]1C(O)[C@@H](O)C(CO)O[C@H]1OCCCCC(=O)NCCCNC(=O)CCOCC(COCCC(=O)NCCCNC(=O)CCCCO[C@@H]1OC(CO)[C@H](O)C(O)[C@@H]1NC(C)=O)(COCCC(=O)NCCCNC(=O)CCCCO[C@@H]1OC(I)(CO)[C@H](O)C(O)[C@@H]1NC(C)=O)NC(=O)CCCCCCCCCCCNC(=O)CON. The van der Waals surface area contributed by atoms with Crippen molar-refractivity contribution in [2.24, 2.45) is 5.90 Å². The highest BCUT2D eigenvalue weighted by Gasteiger charge is 2.54. The minimum atomic E-state index is -1.59. The third-order valence-corrected chi connectivity index (χ3v) is 20.4. The van der Waals surface area contributed by atoms with E-state index < -0.39 is 133 Å². The quantitative estimate of drug-likeness (QED) is 0.0117. The van der Waals surface area contributed by atoms with Crippen LogP contribution in [0.3, 0.4) is 0 Å². The van der Waals surface area contributed by atoms with Crippen molar-refractivity contribution in [2.75, 3.05) is 132 Å². The molecular formula is C75H135IN12O30. The van der Waals surface area contributed by atoms with Crippen LogP contribution in [0.15, 0.2) is 0 Å². The smallest absolute Gasteiger partial charge is 0.248 e. The molecule has 11 amide bonds. The lowest BCUT2D eigenvalue weighted by Crippen LogP contribution is -2.67. The van der Waals surface area contributed by atoms with Crippen molar-refractivity contribution in [2.45, 2.75) is 276 Å². The number of aliphatic hydroxyl groups excluding tert-OH is 9. The summed E-state index contributed by atoms with van der Waals surface area (Å²) in [6.45, 7) is 2.64. The molecule has 22 N–H and O–H groups in total. The van der Waals surface area contributed by atoms with Crippen molar-refractivity contribution in [3.8, 4) is 0 Å². The van der Waals surface area contributed by atoms with E-state index in [1.54, 1.807) is 22.6 Å². The summed E-state index contributed by atoms with van der Waals surface area (Å²) in [6, 6.07) is -3.32. The Morgan fingerprint density at radius 1 is 0.373 bits per heavy atom. The van der Waals surface area contributed by atoms with Crippen LogP contribution in [-0.2, 0) is 100 Å². The van der Waals surface area contributed by atoms with Crippen LogP contribution in [0.1, 0.15) is 181 Å². The molecule has 0 bridgehead atoms. The van der Waals surface area contributed by atoms with E-state index in [9.17, 15) is 98.7 Å². The van der Waals surface area contributed by atoms with Crippen molar-refractivity contribution in [3.63, 3.8) is 0 Å². The van der Waals surface area contributed by atoms with Gasteiger partial charge in [-0.05, 0) is 93.2 Å². The van der Waals surface area contributed by atoms with Crippen molar-refractivity contribution < 1.29 is 146 Å². The molecule has 15 atom stereocenters. The van der Waals surface area contributed by atoms with Crippen molar-refractivity contribution in [3.05, 3.63) is 0 Å². The normalized spacial score (nSPS) is 24.1. The Kier molecular flexibility index (Phi) is 56.1. The number of hydrogen-bond acceptors (Lipinski definition) is 31. The number of amides is 11. The van der Waals surface area contributed by atoms with Crippen molar-refractivity contribution >= 4 is 87.6 Å². The molecule has 0 aromatic rings. The molecule has 3 heterocycles. The molecule has 6 unspecified atom stereocenters. The van der Waals surface area contributed by atoms with Gasteiger partial charge in [0.15, 0.2) is 22.5 Å². The zero-order valence-corrected chi connectivity index (χ0v) is 70.6. The molecule has 0 radical (unpaired) electrons. The van der Waals surface area contributed by atoms with E-state index >= 15 is 0 Å². The average Bonchev–Trinajstić information content (AvgIpc) is 0.769. The first-order valence-corrected chi connectivity index (χ1v) is 42.1. The fourth-order valence-corrected chi connectivity index (χ4v) is 13.3. The van der Waals surface area contributed by atoms with E-state index in [4.69, 9.17) is 48.5 Å². The lowest BCUT2D eigenvalue weighted by Gasteiger charge is -2.46. The molecule has 42 nitrogen and oxygen atoms in total. The summed E-state index contributed by atoms with van der Waals surface area (Å²) < 4.78 is 50.8. The van der Waals surface area contributed by atoms with Gasteiger partial charge in [-0.3, -0.25) is 57.6 Å². The summed E-state index contributed by atoms with van der Waals surface area (Å²) in [5.41, 5.74) is -1.42. The molecule has 0 aliphatic carbocycles. The maximum atomic E-state index is 14.0. The van der Waals surface area contributed by atoms with Gasteiger partial charge in [0.05, 0.1) is 59.5 Å². The number of nitrogens with one attached hydrogen (secondary N) is 11. The first-order chi connectivity index (χ1) is 56.5. The third kappa shape index (κ3) is 44.8. The fraction of sp³-hybridized carbons (Fsp3) is 0.853. The van der Waals surface area contributed by atoms with Gasteiger partial charge < -0.3 is 147 Å². The molecular weight excluding hydrogens is 1680 g/mol. The van der Waals surface area contributed by atoms with E-state index in [0.717, 1.165) is 51.4 Å². The number of ether oxygens (including phenoxy) is 9. The number of hydrogen-bond donors (Lipinski definition) is 21. The fourth-order valence-electron chi connectivity index (χ4n) is 12.6. The number of halogens is 1. The number of aliphatic hydroxyl groups is 9. The van der Waals surface area contributed by atoms with Crippen molar-refractivity contribution in [1.29, 1.82) is 0 Å². The highest BCUT2D eigenvalue weighted by molar-refractivity contribution is 14.1. The second-order valence-electron chi connectivity index (χ2n) is 29.4. The number of unbranched alkanes of at least 4 members (excludes halogenated alkanes) is 11. The van der Waals surface area contributed by atoms with Gasteiger partial charge in [-0.25, -0.2) is 5.90 Å². The molecule has 0 spiro atoms. The van der Waals surface area contributed by atoms with Gasteiger partial charge in [0, 0.05) is 131 Å². The molecule has 0 saturated carbocycles. The summed E-state index contributed by atoms with van der Waals surface area (Å²) in [4.78, 5) is 143. The monoisotopic (exact) mass is 1810 g/mol. The Morgan fingerprint density at radius 2 is 0.678 bits per heavy atom. The van der Waals surface area contributed by atoms with Gasteiger partial charge in [-0.1, -0.05) is 44.9 Å². The zero-order valence-electron chi connectivity index (χ0n) is 68.5. The largest absolute Gasteiger partial charge is 0.394 e. The Morgan fingerprint density at radius 3 is 1.03 bits per heavy atom. The molecule has 118 heavy (non-hydrogen) atoms. The lowest BCUT2D eigenvalue weighted by atomic mass is 9.97. The van der Waals surface area contributed by atoms with Crippen LogP contribution in [0, 0.1) is 0 Å². The van der Waals surface area contributed by atoms with E-state index in [1.165, 1.54) is 20.8 Å². The Labute approximate surface area is 702 Å². The van der Waals surface area contributed by atoms with Crippen LogP contribution in [-0.4, -0.2) is 338 Å². The summed E-state index contributed by atoms with van der Waals surface area (Å²) in [6.07, 6.45) is -3.03. The number of carbonyl (C=O) groups is 11. The van der Waals surface area contributed by atoms with Crippen LogP contribution in [0.25, 0.3) is 0 Å². The number of carbonyl (C=O) groups excluding carboxylic acids is 11. The molecule has 3 aliphatic heterocycles. The van der Waals surface area contributed by atoms with Gasteiger partial charge in [0.25, 0.3) is 0 Å². The number of nitrogens with two attached hydrogens (primary N) is 1. The summed E-state index contributed by atoms with van der Waals surface area (Å²) in [5.74, 6) is 0.953. The second kappa shape index (κ2) is 62.2.